The third kappa shape index (κ3) is 3.36. The lowest BCUT2D eigenvalue weighted by Crippen LogP contribution is -2.29. The summed E-state index contributed by atoms with van der Waals surface area (Å²) in [6, 6.07) is 4.29. The number of aromatic nitrogens is 1. The summed E-state index contributed by atoms with van der Waals surface area (Å²) >= 11 is 0. The van der Waals surface area contributed by atoms with Crippen molar-refractivity contribution >= 4 is 16.8 Å². The maximum atomic E-state index is 13.1. The quantitative estimate of drug-likeness (QED) is 0.786. The largest absolute Gasteiger partial charge is 0.393 e. The highest BCUT2D eigenvalue weighted by Gasteiger charge is 2.14. The van der Waals surface area contributed by atoms with Gasteiger partial charge in [0.15, 0.2) is 0 Å². The van der Waals surface area contributed by atoms with E-state index in [2.05, 4.69) is 10.3 Å². The summed E-state index contributed by atoms with van der Waals surface area (Å²) in [7, 11) is 0. The van der Waals surface area contributed by atoms with Gasteiger partial charge in [-0.2, -0.15) is 0 Å². The van der Waals surface area contributed by atoms with Crippen LogP contribution in [0.4, 0.5) is 4.39 Å². The van der Waals surface area contributed by atoms with Crippen molar-refractivity contribution in [3.05, 3.63) is 35.8 Å². The lowest BCUT2D eigenvalue weighted by molar-refractivity contribution is 0.0941. The van der Waals surface area contributed by atoms with Crippen LogP contribution in [0.1, 0.15) is 30.6 Å². The molecule has 1 amide bonds. The van der Waals surface area contributed by atoms with Gasteiger partial charge < -0.3 is 15.4 Å². The first-order valence-electron chi connectivity index (χ1n) is 6.70. The second-order valence-electron chi connectivity index (χ2n) is 5.29. The number of nitrogens with one attached hydrogen (secondary N) is 2. The molecule has 1 aromatic heterocycles. The number of hydrogen-bond acceptors (Lipinski definition) is 2. The van der Waals surface area contributed by atoms with Crippen LogP contribution in [-0.4, -0.2) is 28.6 Å². The van der Waals surface area contributed by atoms with Gasteiger partial charge in [0.05, 0.1) is 11.7 Å². The van der Waals surface area contributed by atoms with E-state index in [4.69, 9.17) is 0 Å². The highest BCUT2D eigenvalue weighted by molar-refractivity contribution is 6.06. The number of carbonyl (C=O) groups excluding carboxylic acids is 1. The maximum Gasteiger partial charge on any atom is 0.253 e. The molecule has 0 aliphatic rings. The van der Waals surface area contributed by atoms with Crippen LogP contribution in [0.3, 0.4) is 0 Å². The van der Waals surface area contributed by atoms with Crippen LogP contribution in [0.15, 0.2) is 24.4 Å². The minimum atomic E-state index is -0.377. The summed E-state index contributed by atoms with van der Waals surface area (Å²) in [5.41, 5.74) is 1.11. The van der Waals surface area contributed by atoms with Crippen molar-refractivity contribution in [2.24, 2.45) is 5.92 Å². The number of aliphatic hydroxyl groups excluding tert-OH is 1. The minimum absolute atomic E-state index is 0.194. The molecule has 2 rings (SSSR count). The Hall–Kier alpha value is -1.88. The van der Waals surface area contributed by atoms with Crippen LogP contribution < -0.4 is 5.32 Å². The summed E-state index contributed by atoms with van der Waals surface area (Å²) in [4.78, 5) is 15.0. The number of rotatable bonds is 5. The molecule has 0 saturated heterocycles. The molecule has 108 valence electrons. The van der Waals surface area contributed by atoms with Crippen molar-refractivity contribution in [1.82, 2.24) is 10.3 Å². The molecule has 2 aromatic rings. The van der Waals surface area contributed by atoms with Gasteiger partial charge >= 0.3 is 0 Å². The predicted octanol–water partition coefficient (Wildman–Crippen LogP) is 2.44. The first kappa shape index (κ1) is 14.5. The zero-order chi connectivity index (χ0) is 14.7. The number of hydrogen-bond donors (Lipinski definition) is 3. The standard InChI is InChI=1S/C15H19FN2O2/c1-9(5-10(2)19)7-18-15(20)13-8-17-14-6-11(16)3-4-12(13)14/h3-4,6,8-10,17,19H,5,7H2,1-2H3,(H,18,20). The molecule has 1 aromatic carbocycles. The number of halogens is 1. The maximum absolute atomic E-state index is 13.1. The fraction of sp³-hybridized carbons (Fsp3) is 0.400. The lowest BCUT2D eigenvalue weighted by Gasteiger charge is -2.13. The van der Waals surface area contributed by atoms with E-state index in [0.29, 0.717) is 29.4 Å². The fourth-order valence-electron chi connectivity index (χ4n) is 2.31. The third-order valence-electron chi connectivity index (χ3n) is 3.24. The summed E-state index contributed by atoms with van der Waals surface area (Å²) < 4.78 is 13.1. The molecule has 0 aliphatic heterocycles. The van der Waals surface area contributed by atoms with E-state index in [0.717, 1.165) is 0 Å². The predicted molar refractivity (Wildman–Crippen MR) is 76.1 cm³/mol. The third-order valence-corrected chi connectivity index (χ3v) is 3.24. The number of aliphatic hydroxyl groups is 1. The number of amides is 1. The summed E-state index contributed by atoms with van der Waals surface area (Å²) in [6.07, 6.45) is 1.84. The van der Waals surface area contributed by atoms with Crippen LogP contribution in [0.5, 0.6) is 0 Å². The van der Waals surface area contributed by atoms with E-state index >= 15 is 0 Å². The van der Waals surface area contributed by atoms with E-state index in [1.807, 2.05) is 6.92 Å². The SMILES string of the molecule is CC(O)CC(C)CNC(=O)c1c[nH]c2cc(F)ccc12. The average molecular weight is 278 g/mol. The summed E-state index contributed by atoms with van der Waals surface area (Å²) in [6.45, 7) is 4.20. The lowest BCUT2D eigenvalue weighted by atomic mass is 10.0. The van der Waals surface area contributed by atoms with Gasteiger partial charge in [0.1, 0.15) is 5.82 Å². The van der Waals surface area contributed by atoms with Crippen LogP contribution in [-0.2, 0) is 0 Å². The van der Waals surface area contributed by atoms with Gasteiger partial charge in [0, 0.05) is 23.6 Å². The Labute approximate surface area is 117 Å². The van der Waals surface area contributed by atoms with Crippen molar-refractivity contribution in [2.45, 2.75) is 26.4 Å². The molecular weight excluding hydrogens is 259 g/mol. The molecule has 4 nitrogen and oxygen atoms in total. The Kier molecular flexibility index (Phi) is 4.39. The van der Waals surface area contributed by atoms with Crippen LogP contribution in [0.25, 0.3) is 10.9 Å². The van der Waals surface area contributed by atoms with Crippen molar-refractivity contribution in [1.29, 1.82) is 0 Å². The van der Waals surface area contributed by atoms with E-state index < -0.39 is 0 Å². The monoisotopic (exact) mass is 278 g/mol. The van der Waals surface area contributed by atoms with Gasteiger partial charge in [-0.25, -0.2) is 4.39 Å². The second-order valence-corrected chi connectivity index (χ2v) is 5.29. The molecule has 3 N–H and O–H groups in total. The smallest absolute Gasteiger partial charge is 0.253 e. The van der Waals surface area contributed by atoms with Crippen LogP contribution in [0.2, 0.25) is 0 Å². The summed E-state index contributed by atoms with van der Waals surface area (Å²) in [5, 5.41) is 12.8. The number of fused-ring (bicyclic) bond motifs is 1. The Morgan fingerprint density at radius 3 is 2.90 bits per heavy atom. The number of benzene rings is 1. The van der Waals surface area contributed by atoms with E-state index in [9.17, 15) is 14.3 Å². The normalized spacial score (nSPS) is 14.2. The van der Waals surface area contributed by atoms with Crippen molar-refractivity contribution in [3.63, 3.8) is 0 Å². The fourth-order valence-corrected chi connectivity index (χ4v) is 2.31. The van der Waals surface area contributed by atoms with Crippen LogP contribution >= 0.6 is 0 Å². The Morgan fingerprint density at radius 2 is 2.20 bits per heavy atom. The molecule has 2 unspecified atom stereocenters. The first-order valence-corrected chi connectivity index (χ1v) is 6.70. The Balaban J connectivity index is 2.04. The molecule has 0 saturated carbocycles. The van der Waals surface area contributed by atoms with Gasteiger partial charge in [-0.3, -0.25) is 4.79 Å². The zero-order valence-electron chi connectivity index (χ0n) is 11.6. The van der Waals surface area contributed by atoms with Gasteiger partial charge in [0.25, 0.3) is 5.91 Å². The van der Waals surface area contributed by atoms with Gasteiger partial charge in [-0.15, -0.1) is 0 Å². The molecule has 1 heterocycles. The van der Waals surface area contributed by atoms with Gasteiger partial charge in [-0.05, 0) is 37.5 Å². The topological polar surface area (TPSA) is 65.1 Å². The van der Waals surface area contributed by atoms with Crippen molar-refractivity contribution in [3.8, 4) is 0 Å². The molecule has 0 aliphatic carbocycles. The molecule has 2 atom stereocenters. The molecule has 20 heavy (non-hydrogen) atoms. The summed E-state index contributed by atoms with van der Waals surface area (Å²) in [5.74, 6) is -0.334. The van der Waals surface area contributed by atoms with Gasteiger partial charge in [-0.1, -0.05) is 6.92 Å². The van der Waals surface area contributed by atoms with E-state index in [1.54, 1.807) is 19.2 Å². The molecule has 0 bridgehead atoms. The van der Waals surface area contributed by atoms with Crippen LogP contribution in [0, 0.1) is 11.7 Å². The second kappa shape index (κ2) is 6.05. The first-order chi connectivity index (χ1) is 9.47. The number of carbonyl (C=O) groups is 1. The Bertz CT molecular complexity index is 607. The zero-order valence-corrected chi connectivity index (χ0v) is 11.6. The molecular formula is C15H19FN2O2. The minimum Gasteiger partial charge on any atom is -0.393 e. The molecule has 0 spiro atoms. The van der Waals surface area contributed by atoms with Gasteiger partial charge in [0.2, 0.25) is 0 Å². The number of aromatic amines is 1. The molecule has 5 heteroatoms. The Morgan fingerprint density at radius 1 is 1.45 bits per heavy atom. The molecule has 0 fully saturated rings. The van der Waals surface area contributed by atoms with E-state index in [-0.39, 0.29) is 23.7 Å². The highest BCUT2D eigenvalue weighted by Crippen LogP contribution is 2.19. The average Bonchev–Trinajstić information content (AvgIpc) is 2.78. The van der Waals surface area contributed by atoms with Crippen molar-refractivity contribution in [2.75, 3.05) is 6.54 Å². The number of H-pyrrole nitrogens is 1. The van der Waals surface area contributed by atoms with E-state index in [1.165, 1.54) is 12.1 Å². The highest BCUT2D eigenvalue weighted by atomic mass is 19.1. The van der Waals surface area contributed by atoms with Crippen molar-refractivity contribution < 1.29 is 14.3 Å². The molecule has 0 radical (unpaired) electrons.